The smallest absolute Gasteiger partial charge is 0.162 e. The number of benzene rings is 2. The second kappa shape index (κ2) is 6.19. The van der Waals surface area contributed by atoms with E-state index in [2.05, 4.69) is 37.9 Å². The fourth-order valence-electron chi connectivity index (χ4n) is 2.36. The van der Waals surface area contributed by atoms with Crippen molar-refractivity contribution in [1.82, 2.24) is 0 Å². The van der Waals surface area contributed by atoms with Gasteiger partial charge in [-0.1, -0.05) is 49.5 Å². The summed E-state index contributed by atoms with van der Waals surface area (Å²) in [5.74, 6) is 1.56. The summed E-state index contributed by atoms with van der Waals surface area (Å²) >= 11 is 13.5. The lowest BCUT2D eigenvalue weighted by molar-refractivity contribution is 0.171. The minimum absolute atomic E-state index is 0.0279. The molecule has 110 valence electrons. The van der Waals surface area contributed by atoms with Crippen LogP contribution in [-0.2, 0) is 0 Å². The SMILES string of the molecule is Cc1cc(Cl)cc(C(Br)c2cc3c(cc2Br)OCCO3)c1. The molecule has 1 aliphatic heterocycles. The highest BCUT2D eigenvalue weighted by Crippen LogP contribution is 2.43. The predicted octanol–water partition coefficient (Wildman–Crippen LogP) is 5.67. The zero-order valence-electron chi connectivity index (χ0n) is 11.3. The number of alkyl halides is 1. The number of ether oxygens (including phenoxy) is 2. The van der Waals surface area contributed by atoms with Crippen LogP contribution in [0.4, 0.5) is 0 Å². The maximum Gasteiger partial charge on any atom is 0.162 e. The molecule has 0 radical (unpaired) electrons. The number of hydrogen-bond acceptors (Lipinski definition) is 2. The van der Waals surface area contributed by atoms with Crippen molar-refractivity contribution in [3.05, 3.63) is 56.5 Å². The van der Waals surface area contributed by atoms with E-state index in [0.29, 0.717) is 13.2 Å². The Kier molecular flexibility index (Phi) is 4.48. The lowest BCUT2D eigenvalue weighted by Crippen LogP contribution is -2.15. The van der Waals surface area contributed by atoms with Crippen molar-refractivity contribution in [3.8, 4) is 11.5 Å². The van der Waals surface area contributed by atoms with Crippen molar-refractivity contribution >= 4 is 43.5 Å². The van der Waals surface area contributed by atoms with Crippen LogP contribution < -0.4 is 9.47 Å². The molecule has 2 aromatic rings. The van der Waals surface area contributed by atoms with E-state index in [-0.39, 0.29) is 4.83 Å². The third-order valence-electron chi connectivity index (χ3n) is 3.29. The van der Waals surface area contributed by atoms with Crippen molar-refractivity contribution in [1.29, 1.82) is 0 Å². The molecule has 1 aliphatic rings. The Labute approximate surface area is 145 Å². The maximum absolute atomic E-state index is 6.16. The molecule has 0 fully saturated rings. The van der Waals surface area contributed by atoms with Crippen molar-refractivity contribution in [2.24, 2.45) is 0 Å². The molecule has 0 bridgehead atoms. The van der Waals surface area contributed by atoms with E-state index in [1.165, 1.54) is 0 Å². The second-order valence-electron chi connectivity index (χ2n) is 4.94. The van der Waals surface area contributed by atoms with Gasteiger partial charge in [0, 0.05) is 9.50 Å². The van der Waals surface area contributed by atoms with Gasteiger partial charge in [0.1, 0.15) is 13.2 Å². The molecule has 0 saturated heterocycles. The van der Waals surface area contributed by atoms with E-state index in [4.69, 9.17) is 21.1 Å². The molecule has 21 heavy (non-hydrogen) atoms. The van der Waals surface area contributed by atoms with Gasteiger partial charge < -0.3 is 9.47 Å². The minimum atomic E-state index is 0.0279. The van der Waals surface area contributed by atoms with Crippen molar-refractivity contribution in [3.63, 3.8) is 0 Å². The lowest BCUT2D eigenvalue weighted by atomic mass is 10.0. The highest BCUT2D eigenvalue weighted by Gasteiger charge is 2.20. The first-order chi connectivity index (χ1) is 10.0. The van der Waals surface area contributed by atoms with Gasteiger partial charge in [-0.05, 0) is 47.9 Å². The molecule has 1 atom stereocenters. The largest absolute Gasteiger partial charge is 0.486 e. The second-order valence-corrected chi connectivity index (χ2v) is 7.15. The molecular weight excluding hydrogens is 419 g/mol. The molecule has 2 aromatic carbocycles. The third-order valence-corrected chi connectivity index (χ3v) is 5.22. The first-order valence-electron chi connectivity index (χ1n) is 6.55. The zero-order chi connectivity index (χ0) is 15.0. The van der Waals surface area contributed by atoms with Crippen LogP contribution in [0.1, 0.15) is 21.5 Å². The Hall–Kier alpha value is -0.710. The van der Waals surface area contributed by atoms with Gasteiger partial charge in [0.05, 0.1) is 4.83 Å². The molecule has 5 heteroatoms. The molecule has 1 unspecified atom stereocenters. The first kappa shape index (κ1) is 15.2. The summed E-state index contributed by atoms with van der Waals surface area (Å²) in [7, 11) is 0. The van der Waals surface area contributed by atoms with Crippen LogP contribution in [-0.4, -0.2) is 13.2 Å². The summed E-state index contributed by atoms with van der Waals surface area (Å²) in [6, 6.07) is 10.00. The van der Waals surface area contributed by atoms with Gasteiger partial charge in [-0.2, -0.15) is 0 Å². The molecule has 2 nitrogen and oxygen atoms in total. The number of halogens is 3. The van der Waals surface area contributed by atoms with E-state index in [0.717, 1.165) is 37.7 Å². The monoisotopic (exact) mass is 430 g/mol. The molecule has 0 spiro atoms. The fourth-order valence-corrected chi connectivity index (χ4v) is 4.16. The van der Waals surface area contributed by atoms with Gasteiger partial charge >= 0.3 is 0 Å². The minimum Gasteiger partial charge on any atom is -0.486 e. The standard InChI is InChI=1S/C16H13Br2ClO2/c1-9-4-10(6-11(19)5-9)16(18)12-7-14-15(8-13(12)17)21-3-2-20-14/h4-8,16H,2-3H2,1H3. The van der Waals surface area contributed by atoms with Gasteiger partial charge in [0.15, 0.2) is 11.5 Å². The fraction of sp³-hybridized carbons (Fsp3) is 0.250. The summed E-state index contributed by atoms with van der Waals surface area (Å²) < 4.78 is 12.2. The van der Waals surface area contributed by atoms with Crippen LogP contribution in [0.3, 0.4) is 0 Å². The maximum atomic E-state index is 6.16. The summed E-state index contributed by atoms with van der Waals surface area (Å²) in [5, 5.41) is 0.739. The molecule has 0 aromatic heterocycles. The van der Waals surface area contributed by atoms with E-state index in [1.807, 2.05) is 31.2 Å². The number of rotatable bonds is 2. The highest BCUT2D eigenvalue weighted by atomic mass is 79.9. The van der Waals surface area contributed by atoms with Gasteiger partial charge in [0.2, 0.25) is 0 Å². The van der Waals surface area contributed by atoms with E-state index in [9.17, 15) is 0 Å². The molecule has 3 rings (SSSR count). The normalized spacial score (nSPS) is 14.9. The van der Waals surface area contributed by atoms with Crippen molar-refractivity contribution in [2.75, 3.05) is 13.2 Å². The average Bonchev–Trinajstić information content (AvgIpc) is 2.44. The van der Waals surface area contributed by atoms with Crippen molar-refractivity contribution in [2.45, 2.75) is 11.8 Å². The van der Waals surface area contributed by atoms with Crippen molar-refractivity contribution < 1.29 is 9.47 Å². The van der Waals surface area contributed by atoms with Crippen LogP contribution in [0.25, 0.3) is 0 Å². The number of hydrogen-bond donors (Lipinski definition) is 0. The van der Waals surface area contributed by atoms with Gasteiger partial charge in [-0.15, -0.1) is 0 Å². The first-order valence-corrected chi connectivity index (χ1v) is 8.63. The molecule has 0 aliphatic carbocycles. The Bertz CT molecular complexity index is 668. The van der Waals surface area contributed by atoms with Crippen LogP contribution in [0.15, 0.2) is 34.8 Å². The van der Waals surface area contributed by atoms with Gasteiger partial charge in [0.25, 0.3) is 0 Å². The number of fused-ring (bicyclic) bond motifs is 1. The Balaban J connectivity index is 2.02. The summed E-state index contributed by atoms with van der Waals surface area (Å²) in [6.07, 6.45) is 0. The van der Waals surface area contributed by atoms with E-state index >= 15 is 0 Å². The van der Waals surface area contributed by atoms with Crippen LogP contribution >= 0.6 is 43.5 Å². The summed E-state index contributed by atoms with van der Waals surface area (Å²) in [5.41, 5.74) is 3.33. The van der Waals surface area contributed by atoms with Crippen LogP contribution in [0, 0.1) is 6.92 Å². The van der Waals surface area contributed by atoms with E-state index in [1.54, 1.807) is 0 Å². The summed E-state index contributed by atoms with van der Waals surface area (Å²) in [6.45, 7) is 3.20. The molecule has 0 saturated carbocycles. The third kappa shape index (κ3) is 3.22. The quantitative estimate of drug-likeness (QED) is 0.570. The summed E-state index contributed by atoms with van der Waals surface area (Å²) in [4.78, 5) is 0.0279. The Morgan fingerprint density at radius 3 is 2.38 bits per heavy atom. The van der Waals surface area contributed by atoms with Crippen LogP contribution in [0.2, 0.25) is 5.02 Å². The topological polar surface area (TPSA) is 18.5 Å². The average molecular weight is 433 g/mol. The molecule has 0 N–H and O–H groups in total. The van der Waals surface area contributed by atoms with Gasteiger partial charge in [-0.25, -0.2) is 0 Å². The highest BCUT2D eigenvalue weighted by molar-refractivity contribution is 9.11. The molecular formula is C16H13Br2ClO2. The number of aryl methyl sites for hydroxylation is 1. The molecule has 0 amide bonds. The van der Waals surface area contributed by atoms with Gasteiger partial charge in [-0.3, -0.25) is 0 Å². The Morgan fingerprint density at radius 1 is 1.05 bits per heavy atom. The zero-order valence-corrected chi connectivity index (χ0v) is 15.3. The van der Waals surface area contributed by atoms with E-state index < -0.39 is 0 Å². The van der Waals surface area contributed by atoms with Crippen LogP contribution in [0.5, 0.6) is 11.5 Å². The predicted molar refractivity (Wildman–Crippen MR) is 92.1 cm³/mol. The Morgan fingerprint density at radius 2 is 1.71 bits per heavy atom. The lowest BCUT2D eigenvalue weighted by Gasteiger charge is -2.21. The molecule has 1 heterocycles.